The molecule has 0 saturated carbocycles. The van der Waals surface area contributed by atoms with Crippen molar-refractivity contribution in [1.29, 1.82) is 0 Å². The molecule has 0 aromatic carbocycles. The van der Waals surface area contributed by atoms with Gasteiger partial charge in [-0.05, 0) is 55.0 Å². The van der Waals surface area contributed by atoms with Crippen molar-refractivity contribution in [1.82, 2.24) is 10.3 Å². The number of fused-ring (bicyclic) bond motifs is 1. The third kappa shape index (κ3) is 1.65. The van der Waals surface area contributed by atoms with Crippen LogP contribution >= 0.6 is 0 Å². The Morgan fingerprint density at radius 1 is 1.38 bits per heavy atom. The number of hydrogen-bond acceptors (Lipinski definition) is 2. The van der Waals surface area contributed by atoms with Gasteiger partial charge in [-0.15, -0.1) is 0 Å². The Kier molecular flexibility index (Phi) is 2.48. The van der Waals surface area contributed by atoms with Crippen LogP contribution in [0.2, 0.25) is 0 Å². The molecule has 0 spiro atoms. The first-order chi connectivity index (χ1) is 7.84. The highest BCUT2D eigenvalue weighted by molar-refractivity contribution is 5.71. The van der Waals surface area contributed by atoms with E-state index in [1.165, 1.54) is 24.5 Å². The lowest BCUT2D eigenvalue weighted by Gasteiger charge is -2.29. The number of hydrogen-bond donors (Lipinski definition) is 1. The summed E-state index contributed by atoms with van der Waals surface area (Å²) >= 11 is 0. The Morgan fingerprint density at radius 3 is 3.12 bits per heavy atom. The van der Waals surface area contributed by atoms with Crippen LogP contribution in [0.3, 0.4) is 0 Å². The highest BCUT2D eigenvalue weighted by Gasteiger charge is 2.32. The number of aromatic nitrogens is 1. The van der Waals surface area contributed by atoms with E-state index < -0.39 is 5.95 Å². The summed E-state index contributed by atoms with van der Waals surface area (Å²) in [4.78, 5) is 3.73. The van der Waals surface area contributed by atoms with Crippen molar-refractivity contribution in [3.63, 3.8) is 0 Å². The fourth-order valence-electron chi connectivity index (χ4n) is 2.82. The molecular formula is C13H15FN2. The Balaban J connectivity index is 1.87. The van der Waals surface area contributed by atoms with Gasteiger partial charge >= 0.3 is 0 Å². The smallest absolute Gasteiger partial charge is 0.212 e. The molecule has 1 aromatic heterocycles. The van der Waals surface area contributed by atoms with Crippen molar-refractivity contribution in [3.05, 3.63) is 35.9 Å². The molecule has 84 valence electrons. The molecule has 2 atom stereocenters. The van der Waals surface area contributed by atoms with E-state index in [1.54, 1.807) is 6.20 Å². The number of allylic oxidation sites excluding steroid dienone is 1. The van der Waals surface area contributed by atoms with Gasteiger partial charge in [-0.3, -0.25) is 0 Å². The summed E-state index contributed by atoms with van der Waals surface area (Å²) in [5, 5.41) is 3.55. The topological polar surface area (TPSA) is 24.9 Å². The number of nitrogens with zero attached hydrogens (tertiary/aromatic N) is 1. The zero-order valence-corrected chi connectivity index (χ0v) is 9.12. The van der Waals surface area contributed by atoms with Gasteiger partial charge in [0.25, 0.3) is 0 Å². The molecule has 1 aliphatic carbocycles. The first kappa shape index (κ1) is 9.97. The summed E-state index contributed by atoms with van der Waals surface area (Å²) in [6.07, 6.45) is 7.63. The predicted molar refractivity (Wildman–Crippen MR) is 61.3 cm³/mol. The number of pyridine rings is 1. The molecule has 0 bridgehead atoms. The quantitative estimate of drug-likeness (QED) is 0.732. The maximum atomic E-state index is 12.8. The summed E-state index contributed by atoms with van der Waals surface area (Å²) in [5.41, 5.74) is 2.36. The number of piperidine rings is 1. The zero-order valence-electron chi connectivity index (χ0n) is 9.12. The molecule has 2 unspecified atom stereocenters. The SMILES string of the molecule is Fc1ccc(C2=CCC3CCCNC23)cn1. The summed E-state index contributed by atoms with van der Waals surface area (Å²) in [6, 6.07) is 3.72. The second-order valence-corrected chi connectivity index (χ2v) is 4.60. The van der Waals surface area contributed by atoms with E-state index in [0.717, 1.165) is 24.4 Å². The van der Waals surface area contributed by atoms with Gasteiger partial charge in [0.1, 0.15) is 0 Å². The molecule has 2 heterocycles. The minimum absolute atomic E-state index is 0.407. The third-order valence-electron chi connectivity index (χ3n) is 3.62. The molecule has 0 amide bonds. The Hall–Kier alpha value is -1.22. The first-order valence-electron chi connectivity index (χ1n) is 5.90. The molecule has 0 radical (unpaired) electrons. The van der Waals surface area contributed by atoms with Gasteiger partial charge in [0.2, 0.25) is 5.95 Å². The van der Waals surface area contributed by atoms with Crippen molar-refractivity contribution >= 4 is 5.57 Å². The van der Waals surface area contributed by atoms with Gasteiger partial charge in [-0.25, -0.2) is 4.98 Å². The average molecular weight is 218 g/mol. The highest BCUT2D eigenvalue weighted by Crippen LogP contribution is 2.36. The number of halogens is 1. The molecule has 16 heavy (non-hydrogen) atoms. The molecule has 1 aromatic rings. The first-order valence-corrected chi connectivity index (χ1v) is 5.90. The van der Waals surface area contributed by atoms with Gasteiger partial charge in [0, 0.05) is 12.2 Å². The van der Waals surface area contributed by atoms with Crippen molar-refractivity contribution < 1.29 is 4.39 Å². The van der Waals surface area contributed by atoms with Gasteiger partial charge in [0.15, 0.2) is 0 Å². The molecule has 3 rings (SSSR count). The molecular weight excluding hydrogens is 203 g/mol. The lowest BCUT2D eigenvalue weighted by Crippen LogP contribution is -2.39. The largest absolute Gasteiger partial charge is 0.310 e. The monoisotopic (exact) mass is 218 g/mol. The molecule has 1 N–H and O–H groups in total. The van der Waals surface area contributed by atoms with E-state index in [4.69, 9.17) is 0 Å². The van der Waals surface area contributed by atoms with Crippen molar-refractivity contribution in [2.24, 2.45) is 5.92 Å². The molecule has 2 nitrogen and oxygen atoms in total. The number of rotatable bonds is 1. The second-order valence-electron chi connectivity index (χ2n) is 4.60. The van der Waals surface area contributed by atoms with Crippen LogP contribution in [0.25, 0.3) is 5.57 Å². The van der Waals surface area contributed by atoms with E-state index in [0.29, 0.717) is 6.04 Å². The molecule has 1 saturated heterocycles. The Bertz CT molecular complexity index is 410. The van der Waals surface area contributed by atoms with Crippen molar-refractivity contribution in [2.45, 2.75) is 25.3 Å². The van der Waals surface area contributed by atoms with Crippen molar-refractivity contribution in [3.8, 4) is 0 Å². The minimum atomic E-state index is -0.407. The van der Waals surface area contributed by atoms with Crippen LogP contribution in [0.1, 0.15) is 24.8 Å². The highest BCUT2D eigenvalue weighted by atomic mass is 19.1. The molecule has 2 aliphatic rings. The van der Waals surface area contributed by atoms with E-state index in [1.807, 2.05) is 6.07 Å². The summed E-state index contributed by atoms with van der Waals surface area (Å²) in [5.74, 6) is 0.323. The van der Waals surface area contributed by atoms with Gasteiger partial charge in [0.05, 0.1) is 0 Å². The van der Waals surface area contributed by atoms with Crippen LogP contribution in [-0.4, -0.2) is 17.6 Å². The second kappa shape index (κ2) is 3.98. The van der Waals surface area contributed by atoms with Gasteiger partial charge in [-0.2, -0.15) is 4.39 Å². The number of nitrogens with one attached hydrogen (secondary N) is 1. The maximum Gasteiger partial charge on any atom is 0.212 e. The summed E-state index contributed by atoms with van der Waals surface area (Å²) in [6.45, 7) is 1.09. The van der Waals surface area contributed by atoms with Crippen LogP contribution in [0.15, 0.2) is 24.4 Å². The van der Waals surface area contributed by atoms with Crippen LogP contribution in [0.5, 0.6) is 0 Å². The van der Waals surface area contributed by atoms with Gasteiger partial charge < -0.3 is 5.32 Å². The lowest BCUT2D eigenvalue weighted by atomic mass is 9.89. The van der Waals surface area contributed by atoms with E-state index >= 15 is 0 Å². The third-order valence-corrected chi connectivity index (χ3v) is 3.62. The molecule has 1 fully saturated rings. The average Bonchev–Trinajstić information content (AvgIpc) is 2.74. The predicted octanol–water partition coefficient (Wildman–Crippen LogP) is 2.38. The molecule has 1 aliphatic heterocycles. The lowest BCUT2D eigenvalue weighted by molar-refractivity contribution is 0.346. The standard InChI is InChI=1S/C13H15FN2/c14-12-6-4-10(8-16-12)11-5-3-9-2-1-7-15-13(9)11/h4-6,8-9,13,15H,1-3,7H2. The summed E-state index contributed by atoms with van der Waals surface area (Å²) in [7, 11) is 0. The Morgan fingerprint density at radius 2 is 2.31 bits per heavy atom. The van der Waals surface area contributed by atoms with Crippen LogP contribution in [0.4, 0.5) is 4.39 Å². The fourth-order valence-corrected chi connectivity index (χ4v) is 2.82. The van der Waals surface area contributed by atoms with Crippen LogP contribution < -0.4 is 5.32 Å². The van der Waals surface area contributed by atoms with Crippen LogP contribution in [-0.2, 0) is 0 Å². The van der Waals surface area contributed by atoms with E-state index in [-0.39, 0.29) is 0 Å². The van der Waals surface area contributed by atoms with E-state index in [9.17, 15) is 4.39 Å². The Labute approximate surface area is 94.6 Å². The fraction of sp³-hybridized carbons (Fsp3) is 0.462. The zero-order chi connectivity index (χ0) is 11.0. The summed E-state index contributed by atoms with van der Waals surface area (Å²) < 4.78 is 12.8. The minimum Gasteiger partial charge on any atom is -0.310 e. The van der Waals surface area contributed by atoms with Crippen molar-refractivity contribution in [2.75, 3.05) is 6.54 Å². The molecule has 3 heteroatoms. The van der Waals surface area contributed by atoms with Gasteiger partial charge in [-0.1, -0.05) is 6.08 Å². The van der Waals surface area contributed by atoms with E-state index in [2.05, 4.69) is 16.4 Å². The maximum absolute atomic E-state index is 12.8. The normalized spacial score (nSPS) is 28.7. The van der Waals surface area contributed by atoms with Crippen LogP contribution in [0, 0.1) is 11.9 Å².